The highest BCUT2D eigenvalue weighted by Gasteiger charge is 2.34. The predicted octanol–water partition coefficient (Wildman–Crippen LogP) is 4.46. The van der Waals surface area contributed by atoms with Crippen LogP contribution in [0.25, 0.3) is 6.08 Å². The number of non-ortho nitro benzene ring substituents is 1. The van der Waals surface area contributed by atoms with Crippen LogP contribution in [0.15, 0.2) is 107 Å². The number of methoxy groups -OCH3 is 1. The number of allylic oxidation sites excluding steroid dienone is 1. The van der Waals surface area contributed by atoms with Crippen LogP contribution < -0.4 is 24.4 Å². The maximum atomic E-state index is 13.9. The second-order valence-electron chi connectivity index (χ2n) is 9.50. The Hall–Kier alpha value is -5.29. The lowest BCUT2D eigenvalue weighted by Crippen LogP contribution is -2.39. The van der Waals surface area contributed by atoms with Gasteiger partial charge in [-0.3, -0.25) is 19.5 Å². The summed E-state index contributed by atoms with van der Waals surface area (Å²) in [7, 11) is 1.51. The van der Waals surface area contributed by atoms with Crippen molar-refractivity contribution in [3.8, 4) is 11.5 Å². The van der Waals surface area contributed by atoms with E-state index in [1.54, 1.807) is 49.4 Å². The molecule has 0 saturated heterocycles. The molecule has 0 amide bonds. The molecule has 218 valence electrons. The highest BCUT2D eigenvalue weighted by atomic mass is 32.1. The third-order valence-electron chi connectivity index (χ3n) is 6.72. The van der Waals surface area contributed by atoms with Gasteiger partial charge in [0.2, 0.25) is 0 Å². The first-order valence-electron chi connectivity index (χ1n) is 13.2. The Morgan fingerprint density at radius 2 is 1.86 bits per heavy atom. The van der Waals surface area contributed by atoms with E-state index in [2.05, 4.69) is 11.6 Å². The van der Waals surface area contributed by atoms with Crippen LogP contribution in [0.5, 0.6) is 11.5 Å². The van der Waals surface area contributed by atoms with E-state index in [1.165, 1.54) is 23.8 Å². The number of esters is 1. The lowest BCUT2D eigenvalue weighted by molar-refractivity contribution is -0.384. The number of hydrogen-bond donors (Lipinski definition) is 0. The molecule has 0 bridgehead atoms. The molecule has 1 aliphatic heterocycles. The number of aromatic nitrogens is 1. The second-order valence-corrected chi connectivity index (χ2v) is 10.5. The molecule has 1 aliphatic rings. The number of benzene rings is 3. The smallest absolute Gasteiger partial charge is 0.338 e. The molecule has 0 saturated carbocycles. The predicted molar refractivity (Wildman–Crippen MR) is 162 cm³/mol. The van der Waals surface area contributed by atoms with E-state index in [9.17, 15) is 19.7 Å². The number of rotatable bonds is 10. The summed E-state index contributed by atoms with van der Waals surface area (Å²) in [5.41, 5.74) is 2.21. The van der Waals surface area contributed by atoms with Crippen molar-refractivity contribution in [1.29, 1.82) is 0 Å². The third-order valence-corrected chi connectivity index (χ3v) is 7.70. The lowest BCUT2D eigenvalue weighted by atomic mass is 9.95. The summed E-state index contributed by atoms with van der Waals surface area (Å²) < 4.78 is 18.8. The minimum Gasteiger partial charge on any atom is -0.493 e. The summed E-state index contributed by atoms with van der Waals surface area (Å²) in [5.74, 6) is 0.287. The van der Waals surface area contributed by atoms with Crippen molar-refractivity contribution >= 4 is 29.1 Å². The van der Waals surface area contributed by atoms with Gasteiger partial charge in [0.05, 0.1) is 33.9 Å². The van der Waals surface area contributed by atoms with Gasteiger partial charge in [-0.25, -0.2) is 9.79 Å². The molecule has 5 rings (SSSR count). The fourth-order valence-electron chi connectivity index (χ4n) is 4.66. The van der Waals surface area contributed by atoms with Crippen molar-refractivity contribution in [2.45, 2.75) is 19.6 Å². The molecular formula is C32H27N3O7S. The van der Waals surface area contributed by atoms with Crippen molar-refractivity contribution in [2.75, 3.05) is 13.7 Å². The monoisotopic (exact) mass is 597 g/mol. The lowest BCUT2D eigenvalue weighted by Gasteiger charge is -2.25. The summed E-state index contributed by atoms with van der Waals surface area (Å²) in [5, 5.41) is 11.1. The number of fused-ring (bicyclic) bond motifs is 1. The number of ether oxygens (including phenoxy) is 3. The minimum atomic E-state index is -0.874. The Labute approximate surface area is 250 Å². The zero-order valence-corrected chi connectivity index (χ0v) is 24.2. The van der Waals surface area contributed by atoms with Gasteiger partial charge < -0.3 is 14.2 Å². The molecule has 0 fully saturated rings. The zero-order chi connectivity index (χ0) is 30.5. The molecule has 1 aromatic heterocycles. The van der Waals surface area contributed by atoms with Crippen LogP contribution in [0, 0.1) is 10.1 Å². The van der Waals surface area contributed by atoms with Crippen LogP contribution in [0.3, 0.4) is 0 Å². The molecule has 3 aromatic carbocycles. The molecule has 43 heavy (non-hydrogen) atoms. The fraction of sp³-hybridized carbons (Fsp3) is 0.156. The third kappa shape index (κ3) is 6.16. The van der Waals surface area contributed by atoms with Crippen molar-refractivity contribution in [2.24, 2.45) is 4.99 Å². The Kier molecular flexibility index (Phi) is 8.63. The highest BCUT2D eigenvalue weighted by molar-refractivity contribution is 7.07. The molecule has 4 aromatic rings. The van der Waals surface area contributed by atoms with E-state index >= 15 is 0 Å². The molecular weight excluding hydrogens is 570 g/mol. The van der Waals surface area contributed by atoms with Gasteiger partial charge in [-0.15, -0.1) is 0 Å². The summed E-state index contributed by atoms with van der Waals surface area (Å²) in [6.45, 7) is 5.70. The van der Waals surface area contributed by atoms with E-state index in [0.29, 0.717) is 37.7 Å². The first-order valence-corrected chi connectivity index (χ1v) is 14.0. The number of hydrogen-bond acceptors (Lipinski definition) is 9. The van der Waals surface area contributed by atoms with Gasteiger partial charge in [-0.1, -0.05) is 60.4 Å². The van der Waals surface area contributed by atoms with Gasteiger partial charge in [0.15, 0.2) is 16.3 Å². The molecule has 11 heteroatoms. The highest BCUT2D eigenvalue weighted by Crippen LogP contribution is 2.36. The average Bonchev–Trinajstić information content (AvgIpc) is 3.32. The zero-order valence-electron chi connectivity index (χ0n) is 23.4. The summed E-state index contributed by atoms with van der Waals surface area (Å²) >= 11 is 1.16. The largest absolute Gasteiger partial charge is 0.493 e. The van der Waals surface area contributed by atoms with Gasteiger partial charge in [-0.2, -0.15) is 0 Å². The Morgan fingerprint density at radius 3 is 2.53 bits per heavy atom. The van der Waals surface area contributed by atoms with E-state index in [0.717, 1.165) is 16.9 Å². The summed E-state index contributed by atoms with van der Waals surface area (Å²) in [6, 6.07) is 19.5. The fourth-order valence-corrected chi connectivity index (χ4v) is 5.71. The molecule has 1 atom stereocenters. The Balaban J connectivity index is 1.62. The standard InChI is InChI=1S/C32H27N3O7S/c1-4-16-41-25-15-12-23(18-26(25)40-3)29-28(31(37)42-19-22-8-6-5-7-9-22)20(2)33-32-34(29)30(36)27(43-32)17-21-10-13-24(14-11-21)35(38)39/h4-15,17-18,29H,1,16,19H2,2-3H3. The van der Waals surface area contributed by atoms with E-state index in [-0.39, 0.29) is 30.0 Å². The van der Waals surface area contributed by atoms with Gasteiger partial charge in [0, 0.05) is 12.1 Å². The number of carbonyl (C=O) groups excluding carboxylic acids is 1. The van der Waals surface area contributed by atoms with Crippen LogP contribution in [-0.2, 0) is 16.1 Å². The Morgan fingerprint density at radius 1 is 1.12 bits per heavy atom. The first kappa shape index (κ1) is 29.2. The van der Waals surface area contributed by atoms with Gasteiger partial charge >= 0.3 is 5.97 Å². The number of thiazole rings is 1. The second kappa shape index (κ2) is 12.7. The molecule has 2 heterocycles. The van der Waals surface area contributed by atoms with E-state index in [4.69, 9.17) is 14.2 Å². The number of nitrogens with zero attached hydrogens (tertiary/aromatic N) is 3. The summed E-state index contributed by atoms with van der Waals surface area (Å²) in [4.78, 5) is 43.2. The van der Waals surface area contributed by atoms with Crippen LogP contribution in [0.1, 0.15) is 29.7 Å². The number of carbonyl (C=O) groups is 1. The topological polar surface area (TPSA) is 122 Å². The molecule has 1 unspecified atom stereocenters. The quantitative estimate of drug-likeness (QED) is 0.115. The SMILES string of the molecule is C=CCOc1ccc(C2C(C(=O)OCc3ccccc3)=C(C)N=c3sc(=Cc4ccc([N+](=O)[O-])cc4)c(=O)n32)cc1OC. The van der Waals surface area contributed by atoms with Crippen molar-refractivity contribution < 1.29 is 23.9 Å². The van der Waals surface area contributed by atoms with Crippen LogP contribution in [0.4, 0.5) is 5.69 Å². The van der Waals surface area contributed by atoms with Crippen LogP contribution in [-0.4, -0.2) is 29.2 Å². The molecule has 0 aliphatic carbocycles. The van der Waals surface area contributed by atoms with Crippen LogP contribution >= 0.6 is 11.3 Å². The minimum absolute atomic E-state index is 0.0470. The van der Waals surface area contributed by atoms with Crippen molar-refractivity contribution in [3.63, 3.8) is 0 Å². The van der Waals surface area contributed by atoms with E-state index in [1.807, 2.05) is 30.3 Å². The van der Waals surface area contributed by atoms with E-state index < -0.39 is 16.9 Å². The number of nitro groups is 1. The molecule has 0 spiro atoms. The van der Waals surface area contributed by atoms with Crippen molar-refractivity contribution in [3.05, 3.63) is 143 Å². The molecule has 10 nitrogen and oxygen atoms in total. The van der Waals surface area contributed by atoms with Gasteiger partial charge in [0.25, 0.3) is 11.2 Å². The molecule has 0 N–H and O–H groups in total. The Bertz CT molecular complexity index is 1910. The molecule has 0 radical (unpaired) electrons. The van der Waals surface area contributed by atoms with Crippen molar-refractivity contribution in [1.82, 2.24) is 4.57 Å². The summed E-state index contributed by atoms with van der Waals surface area (Å²) in [6.07, 6.45) is 3.26. The van der Waals surface area contributed by atoms with Gasteiger partial charge in [-0.05, 0) is 54.0 Å². The maximum Gasteiger partial charge on any atom is 0.338 e. The maximum absolute atomic E-state index is 13.9. The van der Waals surface area contributed by atoms with Gasteiger partial charge in [0.1, 0.15) is 13.2 Å². The number of nitro benzene ring substituents is 1. The average molecular weight is 598 g/mol. The van der Waals surface area contributed by atoms with Crippen LogP contribution in [0.2, 0.25) is 0 Å². The first-order chi connectivity index (χ1) is 20.8. The normalized spacial score (nSPS) is 14.5.